The fourth-order valence-corrected chi connectivity index (χ4v) is 2.84. The van der Waals surface area contributed by atoms with Crippen LogP contribution in [0.1, 0.15) is 39.0 Å². The van der Waals surface area contributed by atoms with E-state index >= 15 is 0 Å². The zero-order chi connectivity index (χ0) is 12.5. The summed E-state index contributed by atoms with van der Waals surface area (Å²) in [6, 6.07) is 0.810. The van der Waals surface area contributed by atoms with Crippen LogP contribution >= 0.6 is 0 Å². The molecule has 1 saturated carbocycles. The smallest absolute Gasteiger partial charge is 0.0474 e. The van der Waals surface area contributed by atoms with Gasteiger partial charge in [0, 0.05) is 32.8 Å². The molecule has 0 aromatic rings. The molecule has 0 aliphatic heterocycles. The van der Waals surface area contributed by atoms with Gasteiger partial charge in [-0.15, -0.1) is 0 Å². The van der Waals surface area contributed by atoms with Gasteiger partial charge >= 0.3 is 0 Å². The van der Waals surface area contributed by atoms with Crippen molar-refractivity contribution in [3.63, 3.8) is 0 Å². The Balaban J connectivity index is 2.05. The van der Waals surface area contributed by atoms with E-state index in [2.05, 4.69) is 24.2 Å². The van der Waals surface area contributed by atoms with E-state index in [9.17, 15) is 0 Å². The van der Waals surface area contributed by atoms with Crippen LogP contribution in [0.25, 0.3) is 0 Å². The highest BCUT2D eigenvalue weighted by molar-refractivity contribution is 4.79. The highest BCUT2D eigenvalue weighted by Crippen LogP contribution is 2.26. The summed E-state index contributed by atoms with van der Waals surface area (Å²) in [6.45, 7) is 6.61. The minimum atomic E-state index is 0.810. The van der Waals surface area contributed by atoms with Crippen molar-refractivity contribution in [3.8, 4) is 0 Å². The number of rotatable bonds is 8. The van der Waals surface area contributed by atoms with Crippen LogP contribution < -0.4 is 5.32 Å². The van der Waals surface area contributed by atoms with Gasteiger partial charge in [-0.1, -0.05) is 19.8 Å². The molecule has 3 heteroatoms. The van der Waals surface area contributed by atoms with E-state index in [1.54, 1.807) is 7.11 Å². The molecule has 1 fully saturated rings. The molecule has 1 N–H and O–H groups in total. The van der Waals surface area contributed by atoms with Crippen molar-refractivity contribution in [2.24, 2.45) is 5.92 Å². The van der Waals surface area contributed by atoms with Gasteiger partial charge in [-0.05, 0) is 38.8 Å². The Labute approximate surface area is 107 Å². The predicted octanol–water partition coefficient (Wildman–Crippen LogP) is 2.12. The van der Waals surface area contributed by atoms with Gasteiger partial charge in [-0.3, -0.25) is 0 Å². The van der Waals surface area contributed by atoms with Crippen LogP contribution in [0, 0.1) is 5.92 Å². The number of nitrogens with one attached hydrogen (secondary N) is 1. The van der Waals surface area contributed by atoms with Crippen molar-refractivity contribution in [1.29, 1.82) is 0 Å². The molecule has 0 radical (unpaired) electrons. The number of likely N-dealkylation sites (N-methyl/N-ethyl adjacent to an activating group) is 1. The third-order valence-electron chi connectivity index (χ3n) is 3.98. The van der Waals surface area contributed by atoms with Gasteiger partial charge in [-0.2, -0.15) is 0 Å². The van der Waals surface area contributed by atoms with E-state index in [0.29, 0.717) is 0 Å². The summed E-state index contributed by atoms with van der Waals surface area (Å²) >= 11 is 0. The van der Waals surface area contributed by atoms with Gasteiger partial charge < -0.3 is 15.0 Å². The first-order valence-corrected chi connectivity index (χ1v) is 7.15. The van der Waals surface area contributed by atoms with Crippen LogP contribution in [0.5, 0.6) is 0 Å². The summed E-state index contributed by atoms with van der Waals surface area (Å²) < 4.78 is 5.03. The first kappa shape index (κ1) is 14.9. The molecular formula is C14H30N2O. The van der Waals surface area contributed by atoms with Crippen LogP contribution in [0.4, 0.5) is 0 Å². The maximum atomic E-state index is 5.03. The van der Waals surface area contributed by atoms with Crippen molar-refractivity contribution in [2.75, 3.05) is 40.4 Å². The van der Waals surface area contributed by atoms with Crippen LogP contribution in [0.3, 0.4) is 0 Å². The second kappa shape index (κ2) is 8.90. The molecular weight excluding hydrogens is 212 g/mol. The Hall–Kier alpha value is -0.120. The van der Waals surface area contributed by atoms with Gasteiger partial charge in [0.15, 0.2) is 0 Å². The Morgan fingerprint density at radius 1 is 1.24 bits per heavy atom. The molecule has 1 aliphatic carbocycles. The van der Waals surface area contributed by atoms with Gasteiger partial charge in [0.2, 0.25) is 0 Å². The van der Waals surface area contributed by atoms with Crippen LogP contribution in [0.15, 0.2) is 0 Å². The quantitative estimate of drug-likeness (QED) is 0.660. The zero-order valence-electron chi connectivity index (χ0n) is 11.9. The van der Waals surface area contributed by atoms with Crippen LogP contribution in [0.2, 0.25) is 0 Å². The lowest BCUT2D eigenvalue weighted by Gasteiger charge is -2.36. The largest absolute Gasteiger partial charge is 0.385 e. The van der Waals surface area contributed by atoms with Gasteiger partial charge in [0.1, 0.15) is 0 Å². The van der Waals surface area contributed by atoms with E-state index in [0.717, 1.165) is 38.1 Å². The monoisotopic (exact) mass is 242 g/mol. The molecule has 0 aromatic carbocycles. The topological polar surface area (TPSA) is 24.5 Å². The second-order valence-electron chi connectivity index (χ2n) is 5.41. The standard InChI is InChI=1S/C14H30N2O/c1-13-7-4-5-8-14(13)16(2)11-10-15-9-6-12-17-3/h13-15H,4-12H2,1-3H3. The zero-order valence-corrected chi connectivity index (χ0v) is 11.9. The molecule has 2 unspecified atom stereocenters. The molecule has 17 heavy (non-hydrogen) atoms. The molecule has 1 aliphatic rings. The molecule has 0 saturated heterocycles. The summed E-state index contributed by atoms with van der Waals surface area (Å²) in [5, 5.41) is 3.48. The summed E-state index contributed by atoms with van der Waals surface area (Å²) in [7, 11) is 4.04. The molecule has 102 valence electrons. The normalized spacial score (nSPS) is 25.4. The molecule has 0 bridgehead atoms. The molecule has 0 heterocycles. The van der Waals surface area contributed by atoms with Crippen LogP contribution in [-0.2, 0) is 4.74 Å². The Morgan fingerprint density at radius 2 is 2.00 bits per heavy atom. The van der Waals surface area contributed by atoms with E-state index < -0.39 is 0 Å². The lowest BCUT2D eigenvalue weighted by molar-refractivity contribution is 0.140. The van der Waals surface area contributed by atoms with Gasteiger partial charge in [0.25, 0.3) is 0 Å². The fraction of sp³-hybridized carbons (Fsp3) is 1.00. The highest BCUT2D eigenvalue weighted by Gasteiger charge is 2.24. The Kier molecular flexibility index (Phi) is 7.82. The van der Waals surface area contributed by atoms with Crippen molar-refractivity contribution in [2.45, 2.75) is 45.1 Å². The first-order valence-electron chi connectivity index (χ1n) is 7.15. The van der Waals surface area contributed by atoms with E-state index in [1.165, 1.54) is 32.2 Å². The molecule has 3 nitrogen and oxygen atoms in total. The summed E-state index contributed by atoms with van der Waals surface area (Å²) in [6.07, 6.45) is 6.76. The summed E-state index contributed by atoms with van der Waals surface area (Å²) in [4.78, 5) is 2.55. The van der Waals surface area contributed by atoms with Crippen molar-refractivity contribution in [3.05, 3.63) is 0 Å². The Bertz CT molecular complexity index is 187. The Morgan fingerprint density at radius 3 is 2.71 bits per heavy atom. The van der Waals surface area contributed by atoms with Crippen molar-refractivity contribution >= 4 is 0 Å². The molecule has 1 rings (SSSR count). The first-order chi connectivity index (χ1) is 8.25. The number of nitrogens with zero attached hydrogens (tertiary/aromatic N) is 1. The van der Waals surface area contributed by atoms with Crippen molar-refractivity contribution in [1.82, 2.24) is 10.2 Å². The number of methoxy groups -OCH3 is 1. The predicted molar refractivity (Wildman–Crippen MR) is 73.4 cm³/mol. The van der Waals surface area contributed by atoms with Gasteiger partial charge in [-0.25, -0.2) is 0 Å². The average Bonchev–Trinajstić information content (AvgIpc) is 2.34. The second-order valence-corrected chi connectivity index (χ2v) is 5.41. The minimum Gasteiger partial charge on any atom is -0.385 e. The lowest BCUT2D eigenvalue weighted by Crippen LogP contribution is -2.42. The molecule has 0 amide bonds. The average molecular weight is 242 g/mol. The fourth-order valence-electron chi connectivity index (χ4n) is 2.84. The molecule has 0 spiro atoms. The third-order valence-corrected chi connectivity index (χ3v) is 3.98. The number of hydrogen-bond acceptors (Lipinski definition) is 3. The van der Waals surface area contributed by atoms with Gasteiger partial charge in [0.05, 0.1) is 0 Å². The minimum absolute atomic E-state index is 0.810. The molecule has 2 atom stereocenters. The van der Waals surface area contributed by atoms with Crippen LogP contribution in [-0.4, -0.2) is 51.3 Å². The van der Waals surface area contributed by atoms with Crippen molar-refractivity contribution < 1.29 is 4.74 Å². The SMILES string of the molecule is COCCCNCCN(C)C1CCCCC1C. The third kappa shape index (κ3) is 5.84. The van der Waals surface area contributed by atoms with E-state index in [1.807, 2.05) is 0 Å². The van der Waals surface area contributed by atoms with E-state index in [4.69, 9.17) is 4.74 Å². The molecule has 0 aromatic heterocycles. The highest BCUT2D eigenvalue weighted by atomic mass is 16.5. The summed E-state index contributed by atoms with van der Waals surface area (Å²) in [5.74, 6) is 0.877. The summed E-state index contributed by atoms with van der Waals surface area (Å²) in [5.41, 5.74) is 0. The maximum absolute atomic E-state index is 5.03. The van der Waals surface area contributed by atoms with E-state index in [-0.39, 0.29) is 0 Å². The number of hydrogen-bond donors (Lipinski definition) is 1. The lowest BCUT2D eigenvalue weighted by atomic mass is 9.85. The number of ether oxygens (including phenoxy) is 1. The maximum Gasteiger partial charge on any atom is 0.0474 e.